The highest BCUT2D eigenvalue weighted by Gasteiger charge is 2.26. The third-order valence-corrected chi connectivity index (χ3v) is 4.41. The maximum Gasteiger partial charge on any atom is 0.152 e. The summed E-state index contributed by atoms with van der Waals surface area (Å²) in [6.45, 7) is 11.4. The molecule has 1 aliphatic rings. The molecule has 1 aromatic carbocycles. The zero-order valence-corrected chi connectivity index (χ0v) is 15.4. The molecule has 0 spiro atoms. The Hall–Kier alpha value is -1.64. The molecule has 2 rings (SSSR count). The number of benzene rings is 1. The predicted octanol–water partition coefficient (Wildman–Crippen LogP) is 3.48. The van der Waals surface area contributed by atoms with Crippen molar-refractivity contribution in [2.24, 2.45) is 0 Å². The lowest BCUT2D eigenvalue weighted by Crippen LogP contribution is -2.46. The van der Waals surface area contributed by atoms with Crippen LogP contribution in [0.2, 0.25) is 19.6 Å². The molecule has 0 aromatic heterocycles. The van der Waals surface area contributed by atoms with Gasteiger partial charge in [0, 0.05) is 24.2 Å². The Morgan fingerprint density at radius 3 is 2.39 bits per heavy atom. The summed E-state index contributed by atoms with van der Waals surface area (Å²) in [6.07, 6.45) is 0.719. The maximum atomic E-state index is 14.7. The number of hydrogen-bond acceptors (Lipinski definition) is 3. The van der Waals surface area contributed by atoms with Crippen molar-refractivity contribution in [3.05, 3.63) is 29.1 Å². The van der Waals surface area contributed by atoms with Crippen molar-refractivity contribution in [1.29, 1.82) is 0 Å². The summed E-state index contributed by atoms with van der Waals surface area (Å²) in [5, 5.41) is 0. The van der Waals surface area contributed by atoms with E-state index < -0.39 is 13.9 Å². The Bertz CT molecular complexity index is 647. The molecule has 0 radical (unpaired) electrons. The number of carbonyl (C=O) groups excluding carboxylic acids is 1. The first-order chi connectivity index (χ1) is 10.7. The van der Waals surface area contributed by atoms with Gasteiger partial charge in [-0.15, -0.1) is 5.54 Å². The van der Waals surface area contributed by atoms with Gasteiger partial charge in [0.05, 0.1) is 17.9 Å². The van der Waals surface area contributed by atoms with Gasteiger partial charge < -0.3 is 9.64 Å². The van der Waals surface area contributed by atoms with Crippen LogP contribution in [-0.4, -0.2) is 39.7 Å². The van der Waals surface area contributed by atoms with E-state index in [1.165, 1.54) is 6.07 Å². The third-order valence-electron chi connectivity index (χ3n) is 3.54. The number of anilines is 1. The van der Waals surface area contributed by atoms with E-state index in [1.807, 2.05) is 18.7 Å². The topological polar surface area (TPSA) is 29.5 Å². The highest BCUT2D eigenvalue weighted by molar-refractivity contribution is 6.83. The molecule has 1 aromatic rings. The highest BCUT2D eigenvalue weighted by atomic mass is 28.3. The van der Waals surface area contributed by atoms with Gasteiger partial charge >= 0.3 is 0 Å². The van der Waals surface area contributed by atoms with Crippen LogP contribution in [0, 0.1) is 17.3 Å². The summed E-state index contributed by atoms with van der Waals surface area (Å²) in [6, 6.07) is 3.11. The lowest BCUT2D eigenvalue weighted by molar-refractivity contribution is -0.00543. The molecule has 1 fully saturated rings. The number of halogens is 1. The van der Waals surface area contributed by atoms with Crippen molar-refractivity contribution >= 4 is 20.0 Å². The summed E-state index contributed by atoms with van der Waals surface area (Å²) in [4.78, 5) is 13.4. The van der Waals surface area contributed by atoms with E-state index in [2.05, 4.69) is 31.1 Å². The van der Waals surface area contributed by atoms with Crippen molar-refractivity contribution in [3.63, 3.8) is 0 Å². The minimum atomic E-state index is -1.55. The van der Waals surface area contributed by atoms with Gasteiger partial charge in [-0.05, 0) is 26.0 Å². The largest absolute Gasteiger partial charge is 0.372 e. The Morgan fingerprint density at radius 1 is 1.26 bits per heavy atom. The fourth-order valence-electron chi connectivity index (χ4n) is 2.74. The van der Waals surface area contributed by atoms with Crippen LogP contribution in [0.25, 0.3) is 0 Å². The molecule has 2 atom stereocenters. The van der Waals surface area contributed by atoms with E-state index in [1.54, 1.807) is 6.07 Å². The molecule has 0 bridgehead atoms. The Labute approximate surface area is 138 Å². The lowest BCUT2D eigenvalue weighted by atomic mass is 10.1. The zero-order chi connectivity index (χ0) is 17.2. The standard InChI is InChI=1S/C18H24FNO2Si/c1-13-10-20(11-14(2)22-13)18-16(12-21)8-15(9-17(18)19)6-7-23(3,4)5/h8-9,12-14H,10-11H2,1-5H3. The molecule has 23 heavy (non-hydrogen) atoms. The minimum absolute atomic E-state index is 0.00371. The van der Waals surface area contributed by atoms with E-state index in [9.17, 15) is 9.18 Å². The number of ether oxygens (including phenoxy) is 1. The van der Waals surface area contributed by atoms with Crippen LogP contribution in [0.15, 0.2) is 12.1 Å². The van der Waals surface area contributed by atoms with Crippen molar-refractivity contribution in [2.45, 2.75) is 45.7 Å². The molecular weight excluding hydrogens is 309 g/mol. The Balaban J connectivity index is 2.41. The Kier molecular flexibility index (Phi) is 5.28. The molecule has 0 N–H and O–H groups in total. The van der Waals surface area contributed by atoms with Gasteiger partial charge in [-0.1, -0.05) is 25.6 Å². The Morgan fingerprint density at radius 2 is 1.87 bits per heavy atom. The quantitative estimate of drug-likeness (QED) is 0.471. The monoisotopic (exact) mass is 333 g/mol. The molecule has 1 heterocycles. The second-order valence-corrected chi connectivity index (χ2v) is 11.9. The number of carbonyl (C=O) groups is 1. The summed E-state index contributed by atoms with van der Waals surface area (Å²) in [5.74, 6) is 2.62. The average Bonchev–Trinajstić information content (AvgIpc) is 2.42. The predicted molar refractivity (Wildman–Crippen MR) is 94.2 cm³/mol. The SMILES string of the molecule is CC1CN(c2c(F)cc(C#C[Si](C)(C)C)cc2C=O)CC(C)O1. The summed E-state index contributed by atoms with van der Waals surface area (Å²) in [7, 11) is -1.55. The van der Waals surface area contributed by atoms with E-state index in [0.29, 0.717) is 36.2 Å². The first kappa shape index (κ1) is 17.7. The van der Waals surface area contributed by atoms with Crippen LogP contribution in [0.3, 0.4) is 0 Å². The summed E-state index contributed by atoms with van der Waals surface area (Å²) >= 11 is 0. The molecule has 1 saturated heterocycles. The number of hydrogen-bond donors (Lipinski definition) is 0. The zero-order valence-electron chi connectivity index (χ0n) is 14.4. The molecular formula is C18H24FNO2Si. The molecule has 0 saturated carbocycles. The molecule has 2 unspecified atom stereocenters. The van der Waals surface area contributed by atoms with Crippen molar-refractivity contribution in [3.8, 4) is 11.5 Å². The summed E-state index contributed by atoms with van der Waals surface area (Å²) < 4.78 is 20.3. The van der Waals surface area contributed by atoms with Gasteiger partial charge in [0.25, 0.3) is 0 Å². The number of aldehydes is 1. The molecule has 5 heteroatoms. The van der Waals surface area contributed by atoms with Gasteiger partial charge in [-0.3, -0.25) is 4.79 Å². The number of nitrogens with zero attached hydrogens (tertiary/aromatic N) is 1. The van der Waals surface area contributed by atoms with E-state index in [0.717, 1.165) is 0 Å². The number of rotatable bonds is 2. The van der Waals surface area contributed by atoms with Gasteiger partial charge in [0.1, 0.15) is 13.9 Å². The maximum absolute atomic E-state index is 14.7. The fraction of sp³-hybridized carbons (Fsp3) is 0.500. The van der Waals surface area contributed by atoms with Crippen molar-refractivity contribution in [1.82, 2.24) is 0 Å². The smallest absolute Gasteiger partial charge is 0.152 e. The second kappa shape index (κ2) is 6.86. The first-order valence-corrected chi connectivity index (χ1v) is 11.4. The average molecular weight is 333 g/mol. The van der Waals surface area contributed by atoms with Crippen LogP contribution in [-0.2, 0) is 4.74 Å². The second-order valence-electron chi connectivity index (χ2n) is 7.18. The van der Waals surface area contributed by atoms with E-state index >= 15 is 0 Å². The third kappa shape index (κ3) is 4.66. The summed E-state index contributed by atoms with van der Waals surface area (Å²) in [5.41, 5.74) is 4.48. The fourth-order valence-corrected chi connectivity index (χ4v) is 3.26. The van der Waals surface area contributed by atoms with Gasteiger partial charge in [-0.25, -0.2) is 4.39 Å². The van der Waals surface area contributed by atoms with Crippen LogP contribution >= 0.6 is 0 Å². The molecule has 0 aliphatic carbocycles. The van der Waals surface area contributed by atoms with Crippen LogP contribution in [0.4, 0.5) is 10.1 Å². The van der Waals surface area contributed by atoms with Crippen LogP contribution in [0.1, 0.15) is 29.8 Å². The molecule has 1 aliphatic heterocycles. The van der Waals surface area contributed by atoms with Crippen molar-refractivity contribution in [2.75, 3.05) is 18.0 Å². The van der Waals surface area contributed by atoms with Gasteiger partial charge in [-0.2, -0.15) is 0 Å². The molecule has 124 valence electrons. The minimum Gasteiger partial charge on any atom is -0.372 e. The van der Waals surface area contributed by atoms with Gasteiger partial charge in [0.2, 0.25) is 0 Å². The lowest BCUT2D eigenvalue weighted by Gasteiger charge is -2.37. The van der Waals surface area contributed by atoms with Gasteiger partial charge in [0.15, 0.2) is 6.29 Å². The number of morpholine rings is 1. The normalized spacial score (nSPS) is 21.6. The van der Waals surface area contributed by atoms with Crippen LogP contribution in [0.5, 0.6) is 0 Å². The molecule has 0 amide bonds. The highest BCUT2D eigenvalue weighted by Crippen LogP contribution is 2.28. The van der Waals surface area contributed by atoms with Crippen LogP contribution < -0.4 is 4.90 Å². The van der Waals surface area contributed by atoms with Crippen molar-refractivity contribution < 1.29 is 13.9 Å². The molecule has 3 nitrogen and oxygen atoms in total. The van der Waals surface area contributed by atoms with E-state index in [-0.39, 0.29) is 12.2 Å². The first-order valence-electron chi connectivity index (χ1n) is 7.92. The van der Waals surface area contributed by atoms with E-state index in [4.69, 9.17) is 4.74 Å².